The molecule has 0 bridgehead atoms. The van der Waals surface area contributed by atoms with Gasteiger partial charge in [0.2, 0.25) is 11.8 Å². The summed E-state index contributed by atoms with van der Waals surface area (Å²) in [7, 11) is 0. The summed E-state index contributed by atoms with van der Waals surface area (Å²) in [6.45, 7) is 10.4. The third-order valence-electron chi connectivity index (χ3n) is 9.28. The number of hydrogen-bond donors (Lipinski definition) is 4. The molecule has 0 radical (unpaired) electrons. The second kappa shape index (κ2) is 16.8. The molecule has 8 aromatic rings. The van der Waals surface area contributed by atoms with Crippen LogP contribution in [0.3, 0.4) is 0 Å². The molecule has 6 aromatic heterocycles. The van der Waals surface area contributed by atoms with E-state index in [2.05, 4.69) is 45.9 Å². The van der Waals surface area contributed by atoms with Crippen molar-refractivity contribution in [1.82, 2.24) is 39.5 Å². The van der Waals surface area contributed by atoms with Gasteiger partial charge in [-0.1, -0.05) is 29.4 Å². The quantitative estimate of drug-likeness (QED) is 0.0671. The van der Waals surface area contributed by atoms with Gasteiger partial charge in [-0.25, -0.2) is 24.3 Å². The third kappa shape index (κ3) is 8.69. The van der Waals surface area contributed by atoms with Gasteiger partial charge in [0.15, 0.2) is 11.6 Å². The van der Waals surface area contributed by atoms with Gasteiger partial charge in [0, 0.05) is 53.2 Å². The van der Waals surface area contributed by atoms with Gasteiger partial charge in [-0.2, -0.15) is 10.2 Å². The van der Waals surface area contributed by atoms with Crippen molar-refractivity contribution in [2.24, 2.45) is 10.9 Å². The molecular weight excluding hydrogens is 745 g/mol. The van der Waals surface area contributed by atoms with E-state index in [9.17, 15) is 9.59 Å². The van der Waals surface area contributed by atoms with E-state index >= 15 is 0 Å². The van der Waals surface area contributed by atoms with Crippen molar-refractivity contribution in [3.05, 3.63) is 132 Å². The van der Waals surface area contributed by atoms with E-state index in [4.69, 9.17) is 10.9 Å². The molecule has 15 heteroatoms. The number of oxime groups is 1. The van der Waals surface area contributed by atoms with Gasteiger partial charge in [0.1, 0.15) is 5.71 Å². The summed E-state index contributed by atoms with van der Waals surface area (Å²) in [6, 6.07) is 30.3. The van der Waals surface area contributed by atoms with Crippen LogP contribution in [0.2, 0.25) is 0 Å². The number of hydrogen-bond acceptors (Lipinski definition) is 11. The van der Waals surface area contributed by atoms with Crippen LogP contribution in [-0.2, 0) is 9.59 Å². The van der Waals surface area contributed by atoms with Crippen LogP contribution in [0.15, 0.2) is 115 Å². The van der Waals surface area contributed by atoms with E-state index in [-0.39, 0.29) is 17.9 Å². The zero-order valence-electron chi connectivity index (χ0n) is 33.3. The van der Waals surface area contributed by atoms with Crippen molar-refractivity contribution in [1.29, 1.82) is 0 Å². The Labute approximate surface area is 339 Å². The predicted molar refractivity (Wildman–Crippen MR) is 229 cm³/mol. The molecule has 5 N–H and O–H groups in total. The number of anilines is 2. The van der Waals surface area contributed by atoms with Crippen LogP contribution >= 0.6 is 0 Å². The first kappa shape index (κ1) is 39.6. The molecule has 59 heavy (non-hydrogen) atoms. The number of nitrogens with two attached hydrogens (primary N) is 1. The van der Waals surface area contributed by atoms with E-state index in [1.165, 1.54) is 13.8 Å². The molecular formula is C44H42N12O3. The summed E-state index contributed by atoms with van der Waals surface area (Å²) in [6.07, 6.45) is 3.45. The number of nitrogens with zero attached hydrogens (tertiary/aromatic N) is 9. The lowest BCUT2D eigenvalue weighted by Gasteiger charge is -2.11. The minimum absolute atomic E-state index is 0.151. The number of pyridine rings is 4. The number of carbonyl (C=O) groups is 2. The minimum Gasteiger partial charge on any atom is -0.411 e. The van der Waals surface area contributed by atoms with E-state index in [1.807, 2.05) is 112 Å². The third-order valence-corrected chi connectivity index (χ3v) is 9.28. The maximum Gasteiger partial charge on any atom is 0.221 e. The molecule has 1 unspecified atom stereocenters. The molecule has 2 aromatic carbocycles. The highest BCUT2D eigenvalue weighted by Crippen LogP contribution is 2.33. The Morgan fingerprint density at radius 3 is 1.59 bits per heavy atom. The minimum atomic E-state index is -0.181. The van der Waals surface area contributed by atoms with Gasteiger partial charge in [0.25, 0.3) is 0 Å². The maximum absolute atomic E-state index is 11.8. The van der Waals surface area contributed by atoms with Gasteiger partial charge in [-0.3, -0.25) is 14.6 Å². The average molecular weight is 787 g/mol. The Hall–Kier alpha value is -7.65. The number of aryl methyl sites for hydroxylation is 2. The fourth-order valence-electron chi connectivity index (χ4n) is 6.51. The van der Waals surface area contributed by atoms with Crippen molar-refractivity contribution in [3.63, 3.8) is 0 Å². The molecule has 1 atom stereocenters. The number of amides is 2. The summed E-state index contributed by atoms with van der Waals surface area (Å²) in [5, 5.41) is 28.7. The van der Waals surface area contributed by atoms with Crippen LogP contribution in [0, 0.1) is 13.8 Å². The van der Waals surface area contributed by atoms with Gasteiger partial charge < -0.3 is 21.6 Å². The van der Waals surface area contributed by atoms with Crippen molar-refractivity contribution in [2.75, 3.05) is 10.6 Å². The Morgan fingerprint density at radius 2 is 1.14 bits per heavy atom. The topological polar surface area (TPSA) is 204 Å². The highest BCUT2D eigenvalue weighted by atomic mass is 16.4. The Balaban J connectivity index is 0.000000179. The van der Waals surface area contributed by atoms with E-state index in [1.54, 1.807) is 34.7 Å². The van der Waals surface area contributed by atoms with Crippen molar-refractivity contribution in [2.45, 2.75) is 47.6 Å². The summed E-state index contributed by atoms with van der Waals surface area (Å²) < 4.78 is 3.51. The molecule has 15 nitrogen and oxygen atoms in total. The largest absolute Gasteiger partial charge is 0.411 e. The molecule has 296 valence electrons. The lowest BCUT2D eigenvalue weighted by Crippen LogP contribution is -2.08. The van der Waals surface area contributed by atoms with Crippen LogP contribution in [0.4, 0.5) is 11.4 Å². The van der Waals surface area contributed by atoms with Crippen LogP contribution in [0.1, 0.15) is 56.5 Å². The summed E-state index contributed by atoms with van der Waals surface area (Å²) in [5.41, 5.74) is 15.6. The molecule has 0 fully saturated rings. The molecule has 0 aliphatic rings. The van der Waals surface area contributed by atoms with Crippen molar-refractivity contribution < 1.29 is 14.8 Å². The van der Waals surface area contributed by atoms with Crippen LogP contribution in [0.5, 0.6) is 0 Å². The normalized spacial score (nSPS) is 11.9. The van der Waals surface area contributed by atoms with Gasteiger partial charge in [-0.15, -0.1) is 0 Å². The van der Waals surface area contributed by atoms with Crippen LogP contribution in [0.25, 0.3) is 56.0 Å². The van der Waals surface area contributed by atoms with E-state index < -0.39 is 0 Å². The molecule has 0 saturated heterocycles. The van der Waals surface area contributed by atoms with Crippen molar-refractivity contribution >= 4 is 50.7 Å². The second-order valence-corrected chi connectivity index (χ2v) is 14.0. The summed E-state index contributed by atoms with van der Waals surface area (Å²) in [5.74, 6) is 1.06. The first-order valence-electron chi connectivity index (χ1n) is 18.7. The molecule has 0 aliphatic heterocycles. The van der Waals surface area contributed by atoms with E-state index in [0.29, 0.717) is 40.1 Å². The predicted octanol–water partition coefficient (Wildman–Crippen LogP) is 7.72. The van der Waals surface area contributed by atoms with Gasteiger partial charge in [0.05, 0.1) is 57.6 Å². The Morgan fingerprint density at radius 1 is 0.661 bits per heavy atom. The summed E-state index contributed by atoms with van der Waals surface area (Å²) >= 11 is 0. The molecule has 8 rings (SSSR count). The van der Waals surface area contributed by atoms with Gasteiger partial charge >= 0.3 is 0 Å². The zero-order valence-corrected chi connectivity index (χ0v) is 33.3. The molecule has 0 spiro atoms. The lowest BCUT2D eigenvalue weighted by molar-refractivity contribution is -0.115. The number of rotatable bonds is 8. The smallest absolute Gasteiger partial charge is 0.221 e. The monoisotopic (exact) mass is 786 g/mol. The summed E-state index contributed by atoms with van der Waals surface area (Å²) in [4.78, 5) is 42.0. The number of nitrogens with one attached hydrogen (secondary N) is 2. The molecule has 0 aliphatic carbocycles. The van der Waals surface area contributed by atoms with Crippen LogP contribution in [-0.4, -0.2) is 62.2 Å². The second-order valence-electron chi connectivity index (χ2n) is 14.0. The Bertz CT molecular complexity index is 2900. The van der Waals surface area contributed by atoms with Crippen LogP contribution < -0.4 is 16.4 Å². The van der Waals surface area contributed by atoms with E-state index in [0.717, 1.165) is 55.7 Å². The van der Waals surface area contributed by atoms with Crippen molar-refractivity contribution in [3.8, 4) is 34.2 Å². The highest BCUT2D eigenvalue weighted by molar-refractivity contribution is 6.04. The lowest BCUT2D eigenvalue weighted by atomic mass is 10.1. The zero-order chi connectivity index (χ0) is 41.8. The SMILES string of the molecule is CC(=O)Nc1cc(-c2cccc(/C(C)=N\O)n2)cc2c1cnn2-c1cccc(C)n1.CC(=O)Nc1cc(-c2cccc(C(C)N)n2)cc2c1cnn2-c1cccc(C)n1. The fourth-order valence-corrected chi connectivity index (χ4v) is 6.51. The standard InChI is InChI=1S/C22H20N6O2.C22H22N6O/c1-13-6-4-9-22(24-13)28-21-11-16(10-20(25-15(3)29)17(21)12-23-28)19-8-5-7-18(26-19)14(2)27-30;1-13-6-4-9-22(25-13)28-21-11-16(19-8-5-7-18(27-19)14(2)23)10-20(26-15(3)29)17(21)12-24-28/h4-12,30H,1-3H3,(H,25,29);4-12,14H,23H2,1-3H3,(H,26,29)/b27-14-;. The number of fused-ring (bicyclic) bond motifs is 2. The fraction of sp³-hybridized carbons (Fsp3) is 0.159. The number of aromatic nitrogens is 8. The Kier molecular flexibility index (Phi) is 11.3. The number of carbonyl (C=O) groups excluding carboxylic acids is 2. The molecule has 2 amide bonds. The molecule has 6 heterocycles. The first-order valence-corrected chi connectivity index (χ1v) is 18.7. The van der Waals surface area contributed by atoms with Gasteiger partial charge in [-0.05, 0) is 100 Å². The first-order chi connectivity index (χ1) is 28.4. The number of benzene rings is 2. The average Bonchev–Trinajstić information content (AvgIpc) is 3.86. The molecule has 0 saturated carbocycles. The highest BCUT2D eigenvalue weighted by Gasteiger charge is 2.17. The maximum atomic E-state index is 11.8.